The molecule has 152 valence electrons. The summed E-state index contributed by atoms with van der Waals surface area (Å²) >= 11 is 0. The van der Waals surface area contributed by atoms with Crippen molar-refractivity contribution >= 4 is 10.8 Å². The summed E-state index contributed by atoms with van der Waals surface area (Å²) in [6.07, 6.45) is 3.04. The minimum atomic E-state index is 0.0220. The van der Waals surface area contributed by atoms with E-state index in [-0.39, 0.29) is 5.56 Å². The number of likely N-dealkylation sites (N-methyl/N-ethyl adjacent to an activating group) is 1. The molecule has 0 amide bonds. The molecule has 2 aromatic carbocycles. The van der Waals surface area contributed by atoms with E-state index in [9.17, 15) is 4.79 Å². The van der Waals surface area contributed by atoms with Gasteiger partial charge in [-0.2, -0.15) is 5.10 Å². The van der Waals surface area contributed by atoms with Gasteiger partial charge in [0.1, 0.15) is 0 Å². The Bertz CT molecular complexity index is 1030. The summed E-state index contributed by atoms with van der Waals surface area (Å²) in [6.45, 7) is 5.84. The fourth-order valence-electron chi connectivity index (χ4n) is 4.31. The van der Waals surface area contributed by atoms with E-state index in [0.29, 0.717) is 12.6 Å². The zero-order valence-electron chi connectivity index (χ0n) is 17.4. The van der Waals surface area contributed by atoms with Crippen LogP contribution in [-0.4, -0.2) is 47.4 Å². The van der Waals surface area contributed by atoms with Gasteiger partial charge in [0.05, 0.1) is 17.6 Å². The third-order valence-corrected chi connectivity index (χ3v) is 5.97. The van der Waals surface area contributed by atoms with E-state index in [1.165, 1.54) is 17.5 Å². The van der Waals surface area contributed by atoms with E-state index in [0.717, 1.165) is 48.9 Å². The predicted molar refractivity (Wildman–Crippen MR) is 119 cm³/mol. The molecule has 1 aromatic heterocycles. The monoisotopic (exact) mass is 390 g/mol. The second-order valence-electron chi connectivity index (χ2n) is 8.08. The van der Waals surface area contributed by atoms with Gasteiger partial charge in [-0.1, -0.05) is 48.0 Å². The molecule has 4 rings (SSSR count). The van der Waals surface area contributed by atoms with Gasteiger partial charge in [0.2, 0.25) is 0 Å². The second-order valence-corrected chi connectivity index (χ2v) is 8.08. The number of hydrogen-bond acceptors (Lipinski definition) is 4. The molecule has 0 saturated carbocycles. The number of rotatable bonds is 7. The summed E-state index contributed by atoms with van der Waals surface area (Å²) in [5, 5.41) is 9.82. The lowest BCUT2D eigenvalue weighted by Crippen LogP contribution is -2.40. The van der Waals surface area contributed by atoms with E-state index in [1.807, 2.05) is 31.3 Å². The van der Waals surface area contributed by atoms with E-state index in [2.05, 4.69) is 41.4 Å². The van der Waals surface area contributed by atoms with E-state index >= 15 is 0 Å². The van der Waals surface area contributed by atoms with Crippen LogP contribution in [0.4, 0.5) is 0 Å². The first kappa shape index (κ1) is 19.8. The molecular formula is C24H30N4O. The van der Waals surface area contributed by atoms with Crippen molar-refractivity contribution in [2.75, 3.05) is 26.7 Å². The third-order valence-electron chi connectivity index (χ3n) is 5.97. The Morgan fingerprint density at radius 3 is 2.62 bits per heavy atom. The fraction of sp³-hybridized carbons (Fsp3) is 0.417. The van der Waals surface area contributed by atoms with Crippen molar-refractivity contribution in [3.05, 3.63) is 75.7 Å². The van der Waals surface area contributed by atoms with Crippen LogP contribution in [0.5, 0.6) is 0 Å². The van der Waals surface area contributed by atoms with Gasteiger partial charge in [0.25, 0.3) is 5.56 Å². The largest absolute Gasteiger partial charge is 0.318 e. The maximum atomic E-state index is 13.2. The molecule has 0 bridgehead atoms. The zero-order valence-corrected chi connectivity index (χ0v) is 17.4. The molecule has 2 heterocycles. The smallest absolute Gasteiger partial charge is 0.274 e. The molecule has 0 aliphatic carbocycles. The summed E-state index contributed by atoms with van der Waals surface area (Å²) < 4.78 is 1.72. The highest BCUT2D eigenvalue weighted by atomic mass is 16.1. The Balaban J connectivity index is 1.68. The quantitative estimate of drug-likeness (QED) is 0.674. The molecule has 1 aliphatic heterocycles. The van der Waals surface area contributed by atoms with Crippen LogP contribution in [0.15, 0.2) is 53.3 Å². The van der Waals surface area contributed by atoms with E-state index < -0.39 is 0 Å². The summed E-state index contributed by atoms with van der Waals surface area (Å²) in [7, 11) is 1.98. The molecule has 1 unspecified atom stereocenters. The van der Waals surface area contributed by atoms with Gasteiger partial charge >= 0.3 is 0 Å². The molecule has 1 fully saturated rings. The molecule has 1 saturated heterocycles. The number of nitrogens with one attached hydrogen (secondary N) is 1. The van der Waals surface area contributed by atoms with Crippen molar-refractivity contribution in [1.29, 1.82) is 0 Å². The lowest BCUT2D eigenvalue weighted by atomic mass is 10.0. The number of likely N-dealkylation sites (tertiary alicyclic amines) is 1. The molecule has 29 heavy (non-hydrogen) atoms. The molecule has 1 aliphatic rings. The summed E-state index contributed by atoms with van der Waals surface area (Å²) in [6, 6.07) is 16.8. The van der Waals surface area contributed by atoms with Gasteiger partial charge in [-0.25, -0.2) is 4.68 Å². The topological polar surface area (TPSA) is 50.2 Å². The van der Waals surface area contributed by atoms with Crippen LogP contribution in [0, 0.1) is 6.92 Å². The number of fused-ring (bicyclic) bond motifs is 1. The van der Waals surface area contributed by atoms with E-state index in [1.54, 1.807) is 4.68 Å². The van der Waals surface area contributed by atoms with Crippen molar-refractivity contribution < 1.29 is 0 Å². The molecule has 0 radical (unpaired) electrons. The Morgan fingerprint density at radius 1 is 1.10 bits per heavy atom. The molecule has 5 nitrogen and oxygen atoms in total. The molecule has 1 N–H and O–H groups in total. The van der Waals surface area contributed by atoms with Gasteiger partial charge in [-0.15, -0.1) is 0 Å². The van der Waals surface area contributed by atoms with Gasteiger partial charge in [0, 0.05) is 30.9 Å². The standard InChI is InChI=1S/C24H30N4O/c1-18-9-11-19(12-10-18)16-23-21-7-3-4-8-22(21)24(29)28(26-23)17-20-6-5-14-27(20)15-13-25-2/h3-4,7-12,20,25H,5-6,13-17H2,1-2H3. The van der Waals surface area contributed by atoms with Gasteiger partial charge in [-0.3, -0.25) is 9.69 Å². The number of benzene rings is 2. The Morgan fingerprint density at radius 2 is 1.86 bits per heavy atom. The fourth-order valence-corrected chi connectivity index (χ4v) is 4.31. The first-order chi connectivity index (χ1) is 14.2. The molecule has 5 heteroatoms. The summed E-state index contributed by atoms with van der Waals surface area (Å²) in [4.78, 5) is 15.6. The normalized spacial score (nSPS) is 17.2. The number of aromatic nitrogens is 2. The average Bonchev–Trinajstić information content (AvgIpc) is 3.18. The molecule has 3 aromatic rings. The van der Waals surface area contributed by atoms with Crippen LogP contribution < -0.4 is 10.9 Å². The molecule has 0 spiro atoms. The first-order valence-corrected chi connectivity index (χ1v) is 10.6. The maximum absolute atomic E-state index is 13.2. The van der Waals surface area contributed by atoms with Gasteiger partial charge in [-0.05, 0) is 45.0 Å². The summed E-state index contributed by atoms with van der Waals surface area (Å²) in [5.41, 5.74) is 3.46. The SMILES string of the molecule is CNCCN1CCCC1Cn1nc(Cc2ccc(C)cc2)c2ccccc2c1=O. The second kappa shape index (κ2) is 8.89. The third kappa shape index (κ3) is 4.41. The zero-order chi connectivity index (χ0) is 20.2. The van der Waals surface area contributed by atoms with E-state index in [4.69, 9.17) is 5.10 Å². The highest BCUT2D eigenvalue weighted by Crippen LogP contribution is 2.20. The number of hydrogen-bond donors (Lipinski definition) is 1. The highest BCUT2D eigenvalue weighted by Gasteiger charge is 2.25. The highest BCUT2D eigenvalue weighted by molar-refractivity contribution is 5.83. The Hall–Kier alpha value is -2.50. The predicted octanol–water partition coefficient (Wildman–Crippen LogP) is 2.98. The summed E-state index contributed by atoms with van der Waals surface area (Å²) in [5.74, 6) is 0. The van der Waals surface area contributed by atoms with Crippen LogP contribution in [0.3, 0.4) is 0 Å². The van der Waals surface area contributed by atoms with Crippen molar-refractivity contribution in [2.45, 2.75) is 38.8 Å². The van der Waals surface area contributed by atoms with Gasteiger partial charge in [0.15, 0.2) is 0 Å². The van der Waals surface area contributed by atoms with Crippen LogP contribution in [-0.2, 0) is 13.0 Å². The first-order valence-electron chi connectivity index (χ1n) is 10.6. The van der Waals surface area contributed by atoms with Crippen molar-refractivity contribution in [1.82, 2.24) is 20.0 Å². The Kier molecular flexibility index (Phi) is 6.07. The lowest BCUT2D eigenvalue weighted by Gasteiger charge is -2.25. The average molecular weight is 391 g/mol. The Labute approximate surface area is 172 Å². The van der Waals surface area contributed by atoms with Crippen molar-refractivity contribution in [2.24, 2.45) is 0 Å². The van der Waals surface area contributed by atoms with Crippen LogP contribution in [0.1, 0.15) is 29.7 Å². The van der Waals surface area contributed by atoms with Crippen LogP contribution >= 0.6 is 0 Å². The lowest BCUT2D eigenvalue weighted by molar-refractivity contribution is 0.226. The molecular weight excluding hydrogens is 360 g/mol. The van der Waals surface area contributed by atoms with Crippen LogP contribution in [0.2, 0.25) is 0 Å². The van der Waals surface area contributed by atoms with Crippen molar-refractivity contribution in [3.8, 4) is 0 Å². The number of nitrogens with zero attached hydrogens (tertiary/aromatic N) is 3. The van der Waals surface area contributed by atoms with Crippen LogP contribution in [0.25, 0.3) is 10.8 Å². The minimum absolute atomic E-state index is 0.0220. The van der Waals surface area contributed by atoms with Crippen molar-refractivity contribution in [3.63, 3.8) is 0 Å². The minimum Gasteiger partial charge on any atom is -0.318 e. The number of aryl methyl sites for hydroxylation is 1. The molecule has 1 atom stereocenters. The van der Waals surface area contributed by atoms with Gasteiger partial charge < -0.3 is 5.32 Å². The maximum Gasteiger partial charge on any atom is 0.274 e.